The van der Waals surface area contributed by atoms with E-state index < -0.39 is 0 Å². The smallest absolute Gasteiger partial charge is 0.246 e. The van der Waals surface area contributed by atoms with Crippen LogP contribution in [0.15, 0.2) is 0 Å². The summed E-state index contributed by atoms with van der Waals surface area (Å²) in [6.07, 6.45) is 2.17. The maximum Gasteiger partial charge on any atom is 0.246 e. The molecule has 1 saturated heterocycles. The van der Waals surface area contributed by atoms with Crippen molar-refractivity contribution in [2.75, 3.05) is 0 Å². The van der Waals surface area contributed by atoms with Crippen LogP contribution in [-0.2, 0) is 4.79 Å². The van der Waals surface area contributed by atoms with E-state index in [-0.39, 0.29) is 11.9 Å². The zero-order valence-corrected chi connectivity index (χ0v) is 5.50. The zero-order valence-electron chi connectivity index (χ0n) is 5.50. The first kappa shape index (κ1) is 6.55. The van der Waals surface area contributed by atoms with Crippen LogP contribution in [-0.4, -0.2) is 22.2 Å². The fraction of sp³-hybridized carbons (Fsp3) is 0.833. The lowest BCUT2D eigenvalue weighted by molar-refractivity contribution is -0.165. The van der Waals surface area contributed by atoms with E-state index in [1.54, 1.807) is 0 Å². The predicted octanol–water partition coefficient (Wildman–Crippen LogP) is 0.777. The molecule has 1 aliphatic rings. The minimum atomic E-state index is -0.137. The second kappa shape index (κ2) is 2.35. The Morgan fingerprint density at radius 2 is 2.56 bits per heavy atom. The van der Waals surface area contributed by atoms with Gasteiger partial charge in [0.25, 0.3) is 0 Å². The summed E-state index contributed by atoms with van der Waals surface area (Å²) in [4.78, 5) is 10.6. The Kier molecular flexibility index (Phi) is 1.71. The molecule has 1 unspecified atom stereocenters. The largest absolute Gasteiger partial charge is 0.286 e. The van der Waals surface area contributed by atoms with Crippen molar-refractivity contribution in [3.05, 3.63) is 0 Å². The highest BCUT2D eigenvalue weighted by Gasteiger charge is 2.27. The average Bonchev–Trinajstić information content (AvgIpc) is 2.15. The van der Waals surface area contributed by atoms with Crippen molar-refractivity contribution >= 4 is 5.91 Å². The number of hydroxylamine groups is 2. The van der Waals surface area contributed by atoms with Gasteiger partial charge in [-0.2, -0.15) is 0 Å². The van der Waals surface area contributed by atoms with Crippen molar-refractivity contribution in [3.8, 4) is 0 Å². The van der Waals surface area contributed by atoms with Crippen LogP contribution < -0.4 is 0 Å². The SMILES string of the molecule is CCC1CCC(=O)N1O. The molecule has 0 saturated carbocycles. The van der Waals surface area contributed by atoms with Gasteiger partial charge in [0.15, 0.2) is 0 Å². The van der Waals surface area contributed by atoms with Gasteiger partial charge in [0, 0.05) is 6.42 Å². The van der Waals surface area contributed by atoms with Crippen molar-refractivity contribution in [3.63, 3.8) is 0 Å². The Bertz CT molecular complexity index is 124. The van der Waals surface area contributed by atoms with E-state index in [0.29, 0.717) is 6.42 Å². The molecule has 0 bridgehead atoms. The lowest BCUT2D eigenvalue weighted by atomic mass is 10.2. The highest BCUT2D eigenvalue weighted by molar-refractivity contribution is 5.77. The van der Waals surface area contributed by atoms with Gasteiger partial charge >= 0.3 is 0 Å². The summed E-state index contributed by atoms with van der Waals surface area (Å²) >= 11 is 0. The Labute approximate surface area is 54.2 Å². The van der Waals surface area contributed by atoms with E-state index in [4.69, 9.17) is 5.21 Å². The van der Waals surface area contributed by atoms with Crippen LogP contribution in [0.2, 0.25) is 0 Å². The number of rotatable bonds is 1. The highest BCUT2D eigenvalue weighted by Crippen LogP contribution is 2.17. The van der Waals surface area contributed by atoms with Gasteiger partial charge in [0.1, 0.15) is 0 Å². The minimum absolute atomic E-state index is 0.0810. The Morgan fingerprint density at radius 3 is 2.78 bits per heavy atom. The van der Waals surface area contributed by atoms with Crippen LogP contribution in [0, 0.1) is 0 Å². The molecule has 52 valence electrons. The summed E-state index contributed by atoms with van der Waals surface area (Å²) in [5.74, 6) is -0.137. The monoisotopic (exact) mass is 129 g/mol. The molecule has 9 heavy (non-hydrogen) atoms. The lowest BCUT2D eigenvalue weighted by Crippen LogP contribution is -2.28. The molecule has 3 heteroatoms. The zero-order chi connectivity index (χ0) is 6.85. The number of nitrogens with zero attached hydrogens (tertiary/aromatic N) is 1. The van der Waals surface area contributed by atoms with Gasteiger partial charge in [-0.3, -0.25) is 10.0 Å². The molecule has 1 atom stereocenters. The number of hydrogen-bond donors (Lipinski definition) is 1. The minimum Gasteiger partial charge on any atom is -0.286 e. The maximum atomic E-state index is 10.6. The van der Waals surface area contributed by atoms with Gasteiger partial charge < -0.3 is 0 Å². The first-order valence-corrected chi connectivity index (χ1v) is 3.26. The van der Waals surface area contributed by atoms with Crippen molar-refractivity contribution < 1.29 is 10.0 Å². The molecule has 0 aliphatic carbocycles. The number of amides is 1. The van der Waals surface area contributed by atoms with Crippen LogP contribution >= 0.6 is 0 Å². The normalized spacial score (nSPS) is 27.6. The number of carbonyl (C=O) groups is 1. The molecule has 0 aromatic rings. The van der Waals surface area contributed by atoms with E-state index in [1.807, 2.05) is 6.92 Å². The first-order chi connectivity index (χ1) is 4.25. The van der Waals surface area contributed by atoms with E-state index in [1.165, 1.54) is 0 Å². The maximum absolute atomic E-state index is 10.6. The quantitative estimate of drug-likeness (QED) is 0.531. The van der Waals surface area contributed by atoms with Crippen molar-refractivity contribution in [1.82, 2.24) is 5.06 Å². The summed E-state index contributed by atoms with van der Waals surface area (Å²) < 4.78 is 0. The molecule has 1 fully saturated rings. The highest BCUT2D eigenvalue weighted by atomic mass is 16.5. The van der Waals surface area contributed by atoms with Crippen molar-refractivity contribution in [2.45, 2.75) is 32.2 Å². The van der Waals surface area contributed by atoms with E-state index in [0.717, 1.165) is 17.9 Å². The third kappa shape index (κ3) is 1.05. The average molecular weight is 129 g/mol. The van der Waals surface area contributed by atoms with Crippen LogP contribution in [0.4, 0.5) is 0 Å². The lowest BCUT2D eigenvalue weighted by Gasteiger charge is -2.14. The van der Waals surface area contributed by atoms with Gasteiger partial charge in [-0.15, -0.1) is 0 Å². The Morgan fingerprint density at radius 1 is 1.89 bits per heavy atom. The summed E-state index contributed by atoms with van der Waals surface area (Å²) in [6, 6.07) is 0.0810. The van der Waals surface area contributed by atoms with Crippen LogP contribution in [0.5, 0.6) is 0 Å². The standard InChI is InChI=1S/C6H11NO2/c1-2-5-3-4-6(8)7(5)9/h5,9H,2-4H2,1H3. The fourth-order valence-electron chi connectivity index (χ4n) is 1.11. The number of carbonyl (C=O) groups excluding carboxylic acids is 1. The molecule has 0 radical (unpaired) electrons. The number of hydrogen-bond acceptors (Lipinski definition) is 2. The molecule has 0 aromatic heterocycles. The summed E-state index contributed by atoms with van der Waals surface area (Å²) in [6.45, 7) is 1.96. The van der Waals surface area contributed by atoms with E-state index in [2.05, 4.69) is 0 Å². The summed E-state index contributed by atoms with van der Waals surface area (Å²) in [7, 11) is 0. The first-order valence-electron chi connectivity index (χ1n) is 3.26. The van der Waals surface area contributed by atoms with E-state index >= 15 is 0 Å². The molecular formula is C6H11NO2. The van der Waals surface area contributed by atoms with Crippen molar-refractivity contribution in [1.29, 1.82) is 0 Å². The Balaban J connectivity index is 2.51. The third-order valence-corrected chi connectivity index (χ3v) is 1.76. The second-order valence-corrected chi connectivity index (χ2v) is 2.34. The van der Waals surface area contributed by atoms with Crippen LogP contribution in [0.25, 0.3) is 0 Å². The topological polar surface area (TPSA) is 40.5 Å². The molecule has 3 nitrogen and oxygen atoms in total. The van der Waals surface area contributed by atoms with Gasteiger partial charge in [0.2, 0.25) is 5.91 Å². The summed E-state index contributed by atoms with van der Waals surface area (Å²) in [5.41, 5.74) is 0. The van der Waals surface area contributed by atoms with Gasteiger partial charge in [-0.05, 0) is 12.8 Å². The third-order valence-electron chi connectivity index (χ3n) is 1.76. The molecule has 0 spiro atoms. The molecule has 1 aliphatic heterocycles. The van der Waals surface area contributed by atoms with Gasteiger partial charge in [-0.25, -0.2) is 5.06 Å². The molecule has 1 amide bonds. The summed E-state index contributed by atoms with van der Waals surface area (Å²) in [5, 5.41) is 9.80. The predicted molar refractivity (Wildman–Crippen MR) is 31.9 cm³/mol. The van der Waals surface area contributed by atoms with Gasteiger partial charge in [0.05, 0.1) is 6.04 Å². The molecule has 1 N–H and O–H groups in total. The Hall–Kier alpha value is -0.570. The second-order valence-electron chi connectivity index (χ2n) is 2.34. The molecule has 0 aromatic carbocycles. The molecule has 1 rings (SSSR count). The fourth-order valence-corrected chi connectivity index (χ4v) is 1.11. The molecular weight excluding hydrogens is 118 g/mol. The molecule has 1 heterocycles. The van der Waals surface area contributed by atoms with Crippen LogP contribution in [0.3, 0.4) is 0 Å². The van der Waals surface area contributed by atoms with E-state index in [9.17, 15) is 4.79 Å². The van der Waals surface area contributed by atoms with Crippen LogP contribution in [0.1, 0.15) is 26.2 Å². The van der Waals surface area contributed by atoms with Crippen molar-refractivity contribution in [2.24, 2.45) is 0 Å². The van der Waals surface area contributed by atoms with Gasteiger partial charge in [-0.1, -0.05) is 6.92 Å².